The van der Waals surface area contributed by atoms with Gasteiger partial charge in [-0.25, -0.2) is 0 Å². The van der Waals surface area contributed by atoms with Crippen molar-refractivity contribution < 1.29 is 9.53 Å². The van der Waals surface area contributed by atoms with E-state index in [0.29, 0.717) is 12.4 Å². The van der Waals surface area contributed by atoms with E-state index >= 15 is 0 Å². The highest BCUT2D eigenvalue weighted by Crippen LogP contribution is 2.13. The first-order chi connectivity index (χ1) is 10.1. The summed E-state index contributed by atoms with van der Waals surface area (Å²) in [7, 11) is 1.59. The Balaban J connectivity index is 1.97. The molecule has 0 fully saturated rings. The number of rotatable bonds is 6. The molecule has 21 heavy (non-hydrogen) atoms. The molecule has 0 saturated carbocycles. The lowest BCUT2D eigenvalue weighted by Gasteiger charge is -2.11. The van der Waals surface area contributed by atoms with Crippen LogP contribution in [0, 0.1) is 6.92 Å². The molecule has 2 rings (SSSR count). The van der Waals surface area contributed by atoms with Gasteiger partial charge in [-0.05, 0) is 19.1 Å². The maximum Gasteiger partial charge on any atom is 0.243 e. The number of hydrogen-bond donors (Lipinski definition) is 1. The van der Waals surface area contributed by atoms with Gasteiger partial charge in [0, 0.05) is 18.7 Å². The van der Waals surface area contributed by atoms with Gasteiger partial charge in [0.2, 0.25) is 11.7 Å². The number of benzene rings is 1. The van der Waals surface area contributed by atoms with Gasteiger partial charge in [0.25, 0.3) is 0 Å². The fraction of sp³-hybridized carbons (Fsp3) is 0.429. The lowest BCUT2D eigenvalue weighted by Crippen LogP contribution is -2.38. The third kappa shape index (κ3) is 4.35. The largest absolute Gasteiger partial charge is 0.383 e. The lowest BCUT2D eigenvalue weighted by atomic mass is 10.1. The zero-order chi connectivity index (χ0) is 15.2. The average Bonchev–Trinajstić information content (AvgIpc) is 2.88. The van der Waals surface area contributed by atoms with Crippen LogP contribution in [0.5, 0.6) is 0 Å². The second-order valence-corrected chi connectivity index (χ2v) is 4.93. The minimum atomic E-state index is -0.174. The molecular weight excluding hydrogens is 270 g/mol. The van der Waals surface area contributed by atoms with Crippen LogP contribution in [-0.2, 0) is 16.1 Å². The molecule has 0 saturated heterocycles. The summed E-state index contributed by atoms with van der Waals surface area (Å²) in [5.41, 5.74) is 2.04. The molecule has 0 radical (unpaired) electrons. The first-order valence-corrected chi connectivity index (χ1v) is 6.71. The Labute approximate surface area is 123 Å². The standard InChI is InChI=1S/C14H19N5O2/c1-10-4-6-12(7-5-10)14-16-18-19(17-14)8-13(20)15-11(2)9-21-3/h4-7,11H,8-9H2,1-3H3,(H,15,20). The van der Waals surface area contributed by atoms with Gasteiger partial charge < -0.3 is 10.1 Å². The number of aryl methyl sites for hydroxylation is 1. The third-order valence-corrected chi connectivity index (χ3v) is 2.87. The average molecular weight is 289 g/mol. The van der Waals surface area contributed by atoms with Gasteiger partial charge >= 0.3 is 0 Å². The Morgan fingerprint density at radius 2 is 2.10 bits per heavy atom. The third-order valence-electron chi connectivity index (χ3n) is 2.87. The number of nitrogens with one attached hydrogen (secondary N) is 1. The first-order valence-electron chi connectivity index (χ1n) is 6.71. The van der Waals surface area contributed by atoms with Crippen LogP contribution in [0.4, 0.5) is 0 Å². The van der Waals surface area contributed by atoms with Gasteiger partial charge in [-0.2, -0.15) is 4.80 Å². The molecule has 1 aromatic carbocycles. The van der Waals surface area contributed by atoms with Crippen molar-refractivity contribution in [3.05, 3.63) is 29.8 Å². The maximum atomic E-state index is 11.8. The van der Waals surface area contributed by atoms with Crippen molar-refractivity contribution in [3.8, 4) is 11.4 Å². The van der Waals surface area contributed by atoms with Crippen LogP contribution < -0.4 is 5.32 Å². The van der Waals surface area contributed by atoms with Crippen LogP contribution >= 0.6 is 0 Å². The van der Waals surface area contributed by atoms with Crippen LogP contribution in [0.2, 0.25) is 0 Å². The summed E-state index contributed by atoms with van der Waals surface area (Å²) in [6.45, 7) is 4.38. The minimum Gasteiger partial charge on any atom is -0.383 e. The summed E-state index contributed by atoms with van der Waals surface area (Å²) < 4.78 is 4.96. The first kappa shape index (κ1) is 15.1. The molecule has 1 atom stereocenters. The summed E-state index contributed by atoms with van der Waals surface area (Å²) in [4.78, 5) is 13.1. The van der Waals surface area contributed by atoms with Crippen molar-refractivity contribution in [2.24, 2.45) is 0 Å². The normalized spacial score (nSPS) is 12.1. The predicted molar refractivity (Wildman–Crippen MR) is 77.5 cm³/mol. The van der Waals surface area contributed by atoms with Crippen LogP contribution in [0.15, 0.2) is 24.3 Å². The Kier molecular flexibility index (Phi) is 4.99. The zero-order valence-corrected chi connectivity index (χ0v) is 12.4. The summed E-state index contributed by atoms with van der Waals surface area (Å²) in [6.07, 6.45) is 0. The molecule has 2 aromatic rings. The molecule has 0 spiro atoms. The van der Waals surface area contributed by atoms with Crippen molar-refractivity contribution in [2.75, 3.05) is 13.7 Å². The number of nitrogens with zero attached hydrogens (tertiary/aromatic N) is 4. The Morgan fingerprint density at radius 3 is 2.76 bits per heavy atom. The van der Waals surface area contributed by atoms with Gasteiger partial charge in [0.15, 0.2) is 0 Å². The van der Waals surface area contributed by atoms with Crippen molar-refractivity contribution in [1.82, 2.24) is 25.5 Å². The van der Waals surface area contributed by atoms with Crippen molar-refractivity contribution in [3.63, 3.8) is 0 Å². The molecule has 0 aliphatic rings. The monoisotopic (exact) mass is 289 g/mol. The number of tetrazole rings is 1. The van der Waals surface area contributed by atoms with E-state index in [4.69, 9.17) is 4.74 Å². The number of ether oxygens (including phenoxy) is 1. The molecule has 1 unspecified atom stereocenters. The van der Waals surface area contributed by atoms with Gasteiger partial charge in [0.1, 0.15) is 6.54 Å². The highest BCUT2D eigenvalue weighted by Gasteiger charge is 2.11. The summed E-state index contributed by atoms with van der Waals surface area (Å²) in [5.74, 6) is 0.333. The second kappa shape index (κ2) is 6.94. The van der Waals surface area contributed by atoms with Gasteiger partial charge in [-0.3, -0.25) is 4.79 Å². The molecule has 1 N–H and O–H groups in total. The van der Waals surface area contributed by atoms with Crippen LogP contribution in [-0.4, -0.2) is 45.9 Å². The van der Waals surface area contributed by atoms with Gasteiger partial charge in [0.05, 0.1) is 6.61 Å². The summed E-state index contributed by atoms with van der Waals surface area (Å²) >= 11 is 0. The topological polar surface area (TPSA) is 81.9 Å². The second-order valence-electron chi connectivity index (χ2n) is 4.93. The molecule has 0 aliphatic carbocycles. The van der Waals surface area contributed by atoms with E-state index in [-0.39, 0.29) is 18.5 Å². The molecule has 0 aliphatic heterocycles. The van der Waals surface area contributed by atoms with E-state index in [1.165, 1.54) is 4.80 Å². The van der Waals surface area contributed by atoms with Crippen molar-refractivity contribution >= 4 is 5.91 Å². The van der Waals surface area contributed by atoms with Crippen LogP contribution in [0.25, 0.3) is 11.4 Å². The fourth-order valence-corrected chi connectivity index (χ4v) is 1.87. The number of aromatic nitrogens is 4. The van der Waals surface area contributed by atoms with Crippen molar-refractivity contribution in [2.45, 2.75) is 26.4 Å². The van der Waals surface area contributed by atoms with Crippen LogP contribution in [0.1, 0.15) is 12.5 Å². The Hall–Kier alpha value is -2.28. The Bertz CT molecular complexity index is 594. The maximum absolute atomic E-state index is 11.8. The SMILES string of the molecule is COCC(C)NC(=O)Cn1nnc(-c2ccc(C)cc2)n1. The number of hydrogen-bond acceptors (Lipinski definition) is 5. The van der Waals surface area contributed by atoms with E-state index in [1.54, 1.807) is 7.11 Å². The smallest absolute Gasteiger partial charge is 0.243 e. The molecule has 1 aromatic heterocycles. The van der Waals surface area contributed by atoms with Gasteiger partial charge in [-0.1, -0.05) is 29.8 Å². The number of methoxy groups -OCH3 is 1. The van der Waals surface area contributed by atoms with E-state index < -0.39 is 0 Å². The van der Waals surface area contributed by atoms with E-state index in [0.717, 1.165) is 11.1 Å². The van der Waals surface area contributed by atoms with Gasteiger partial charge in [-0.15, -0.1) is 10.2 Å². The van der Waals surface area contributed by atoms with E-state index in [2.05, 4.69) is 20.7 Å². The summed E-state index contributed by atoms with van der Waals surface area (Å²) in [5, 5.41) is 14.9. The molecule has 112 valence electrons. The number of carbonyl (C=O) groups is 1. The van der Waals surface area contributed by atoms with Crippen molar-refractivity contribution in [1.29, 1.82) is 0 Å². The lowest BCUT2D eigenvalue weighted by molar-refractivity contribution is -0.123. The minimum absolute atomic E-state index is 0.0346. The Morgan fingerprint density at radius 1 is 1.38 bits per heavy atom. The quantitative estimate of drug-likeness (QED) is 0.850. The molecule has 7 nitrogen and oxygen atoms in total. The molecule has 1 heterocycles. The molecule has 7 heteroatoms. The number of carbonyl (C=O) groups excluding carboxylic acids is 1. The highest BCUT2D eigenvalue weighted by molar-refractivity contribution is 5.75. The molecule has 0 bridgehead atoms. The zero-order valence-electron chi connectivity index (χ0n) is 12.4. The van der Waals surface area contributed by atoms with Crippen LogP contribution in [0.3, 0.4) is 0 Å². The molecule has 1 amide bonds. The highest BCUT2D eigenvalue weighted by atomic mass is 16.5. The fourth-order valence-electron chi connectivity index (χ4n) is 1.87. The predicted octanol–water partition coefficient (Wildman–Crippen LogP) is 0.800. The molecular formula is C14H19N5O2. The van der Waals surface area contributed by atoms with E-state index in [1.807, 2.05) is 38.1 Å². The van der Waals surface area contributed by atoms with E-state index in [9.17, 15) is 4.79 Å². The number of amides is 1. The summed E-state index contributed by atoms with van der Waals surface area (Å²) in [6, 6.07) is 7.77.